The minimum absolute atomic E-state index is 0.652. The van der Waals surface area contributed by atoms with Gasteiger partial charge in [0.1, 0.15) is 11.4 Å². The minimum atomic E-state index is 0.652. The summed E-state index contributed by atoms with van der Waals surface area (Å²) in [6.07, 6.45) is 5.31. The lowest BCUT2D eigenvalue weighted by atomic mass is 10.1. The van der Waals surface area contributed by atoms with E-state index in [1.165, 1.54) is 0 Å². The molecular weight excluding hydrogens is 402 g/mol. The molecule has 0 amide bonds. The van der Waals surface area contributed by atoms with Crippen molar-refractivity contribution in [1.29, 1.82) is 0 Å². The number of aromatic nitrogens is 4. The fourth-order valence-corrected chi connectivity index (χ4v) is 3.68. The molecular formula is C25H23N5O2. The van der Waals surface area contributed by atoms with E-state index in [2.05, 4.69) is 57.0 Å². The van der Waals surface area contributed by atoms with Crippen molar-refractivity contribution in [2.75, 3.05) is 7.11 Å². The molecule has 32 heavy (non-hydrogen) atoms. The second-order valence-electron chi connectivity index (χ2n) is 7.37. The van der Waals surface area contributed by atoms with Crippen LogP contribution in [0, 0.1) is 0 Å². The van der Waals surface area contributed by atoms with E-state index < -0.39 is 0 Å². The van der Waals surface area contributed by atoms with Gasteiger partial charge in [-0.3, -0.25) is 5.10 Å². The number of benzene rings is 2. The van der Waals surface area contributed by atoms with Gasteiger partial charge < -0.3 is 14.5 Å². The van der Waals surface area contributed by atoms with Gasteiger partial charge in [-0.1, -0.05) is 24.3 Å². The van der Waals surface area contributed by atoms with Gasteiger partial charge in [0, 0.05) is 30.5 Å². The number of rotatable bonds is 8. The third kappa shape index (κ3) is 4.06. The van der Waals surface area contributed by atoms with Crippen LogP contribution < -0.4 is 10.1 Å². The highest BCUT2D eigenvalue weighted by Crippen LogP contribution is 2.29. The molecule has 0 atom stereocenters. The van der Waals surface area contributed by atoms with Gasteiger partial charge in [-0.15, -0.1) is 0 Å². The summed E-state index contributed by atoms with van der Waals surface area (Å²) >= 11 is 0. The van der Waals surface area contributed by atoms with Crippen LogP contribution in [0.2, 0.25) is 0 Å². The van der Waals surface area contributed by atoms with Crippen LogP contribution in [0.15, 0.2) is 89.8 Å². The lowest BCUT2D eigenvalue weighted by molar-refractivity contribution is 0.415. The van der Waals surface area contributed by atoms with Gasteiger partial charge in [0.2, 0.25) is 0 Å². The van der Waals surface area contributed by atoms with Crippen LogP contribution in [0.5, 0.6) is 5.75 Å². The molecule has 7 nitrogen and oxygen atoms in total. The Morgan fingerprint density at radius 1 is 0.969 bits per heavy atom. The van der Waals surface area contributed by atoms with Crippen molar-refractivity contribution in [2.24, 2.45) is 0 Å². The van der Waals surface area contributed by atoms with E-state index in [4.69, 9.17) is 9.15 Å². The van der Waals surface area contributed by atoms with E-state index in [1.54, 1.807) is 19.6 Å². The summed E-state index contributed by atoms with van der Waals surface area (Å²) in [4.78, 5) is 0. The molecule has 0 spiro atoms. The van der Waals surface area contributed by atoms with Crippen LogP contribution in [0.3, 0.4) is 0 Å². The molecule has 3 heterocycles. The highest BCUT2D eigenvalue weighted by molar-refractivity contribution is 5.67. The monoisotopic (exact) mass is 425 g/mol. The van der Waals surface area contributed by atoms with E-state index in [-0.39, 0.29) is 0 Å². The van der Waals surface area contributed by atoms with Gasteiger partial charge in [-0.05, 0) is 53.6 Å². The molecule has 0 aliphatic rings. The van der Waals surface area contributed by atoms with E-state index in [0.29, 0.717) is 13.1 Å². The van der Waals surface area contributed by atoms with E-state index in [9.17, 15) is 0 Å². The Labute approximate surface area is 185 Å². The molecule has 2 N–H and O–H groups in total. The van der Waals surface area contributed by atoms with Crippen LogP contribution in [0.4, 0.5) is 0 Å². The second-order valence-corrected chi connectivity index (χ2v) is 7.37. The van der Waals surface area contributed by atoms with Crippen molar-refractivity contribution in [3.63, 3.8) is 0 Å². The van der Waals surface area contributed by atoms with Gasteiger partial charge in [0.25, 0.3) is 0 Å². The summed E-state index contributed by atoms with van der Waals surface area (Å²) in [7, 11) is 1.67. The molecule has 0 fully saturated rings. The van der Waals surface area contributed by atoms with Gasteiger partial charge in [0.15, 0.2) is 5.76 Å². The predicted molar refractivity (Wildman–Crippen MR) is 122 cm³/mol. The molecule has 5 rings (SSSR count). The number of H-pyrrole nitrogens is 1. The summed E-state index contributed by atoms with van der Waals surface area (Å²) in [6.45, 7) is 1.35. The average molecular weight is 425 g/mol. The number of aromatic amines is 1. The topological polar surface area (TPSA) is 80.9 Å². The molecule has 0 unspecified atom stereocenters. The summed E-state index contributed by atoms with van der Waals surface area (Å²) in [6, 6.07) is 22.2. The molecule has 7 heteroatoms. The maximum absolute atomic E-state index is 5.73. The molecule has 0 radical (unpaired) electrons. The van der Waals surface area contributed by atoms with Crippen LogP contribution in [0.1, 0.15) is 11.3 Å². The molecule has 0 saturated heterocycles. The third-order valence-corrected chi connectivity index (χ3v) is 5.32. The quantitative estimate of drug-likeness (QED) is 0.373. The van der Waals surface area contributed by atoms with Crippen LogP contribution in [-0.2, 0) is 13.1 Å². The fourth-order valence-electron chi connectivity index (χ4n) is 3.68. The van der Waals surface area contributed by atoms with Crippen LogP contribution >= 0.6 is 0 Å². The zero-order valence-electron chi connectivity index (χ0n) is 17.7. The standard InChI is InChI=1S/C25H23N5O2/c1-31-23-10-6-19(7-11-23)18-4-8-22(9-5-18)30-25(24-3-2-14-32-24)20(16-28-30)15-26-17-21-12-13-27-29-21/h2-14,16,26H,15,17H2,1H3,(H,27,29). The van der Waals surface area contributed by atoms with Gasteiger partial charge in [-0.25, -0.2) is 4.68 Å². The van der Waals surface area contributed by atoms with Crippen molar-refractivity contribution in [3.8, 4) is 34.0 Å². The number of hydrogen-bond acceptors (Lipinski definition) is 5. The second kappa shape index (κ2) is 8.95. The number of hydrogen-bond donors (Lipinski definition) is 2. The zero-order valence-corrected chi connectivity index (χ0v) is 17.7. The van der Waals surface area contributed by atoms with Gasteiger partial charge >= 0.3 is 0 Å². The molecule has 0 aliphatic carbocycles. The van der Waals surface area contributed by atoms with Gasteiger partial charge in [0.05, 0.1) is 25.3 Å². The first-order chi connectivity index (χ1) is 15.8. The Bertz CT molecular complexity index is 1260. The molecule has 0 bridgehead atoms. The number of nitrogens with zero attached hydrogens (tertiary/aromatic N) is 3. The number of nitrogens with one attached hydrogen (secondary N) is 2. The first-order valence-corrected chi connectivity index (χ1v) is 10.4. The SMILES string of the molecule is COc1ccc(-c2ccc(-n3ncc(CNCc4ccn[nH]4)c3-c3ccco3)cc2)cc1. The molecule has 160 valence electrons. The highest BCUT2D eigenvalue weighted by Gasteiger charge is 2.17. The summed E-state index contributed by atoms with van der Waals surface area (Å²) in [5, 5.41) is 15.0. The predicted octanol–water partition coefficient (Wildman–Crippen LogP) is 4.82. The maximum atomic E-state index is 5.73. The fraction of sp³-hybridized carbons (Fsp3) is 0.120. The zero-order chi connectivity index (χ0) is 21.8. The van der Waals surface area contributed by atoms with Crippen LogP contribution in [-0.4, -0.2) is 27.1 Å². The Hall–Kier alpha value is -4.10. The highest BCUT2D eigenvalue weighted by atomic mass is 16.5. The average Bonchev–Trinajstić information content (AvgIpc) is 3.61. The van der Waals surface area contributed by atoms with Crippen molar-refractivity contribution < 1.29 is 9.15 Å². The summed E-state index contributed by atoms with van der Waals surface area (Å²) < 4.78 is 12.9. The lowest BCUT2D eigenvalue weighted by Crippen LogP contribution is -2.13. The minimum Gasteiger partial charge on any atom is -0.497 e. The number of ether oxygens (including phenoxy) is 1. The smallest absolute Gasteiger partial charge is 0.152 e. The third-order valence-electron chi connectivity index (χ3n) is 5.32. The van der Waals surface area contributed by atoms with Gasteiger partial charge in [-0.2, -0.15) is 10.2 Å². The summed E-state index contributed by atoms with van der Waals surface area (Å²) in [5.41, 5.74) is 6.25. The normalized spacial score (nSPS) is 11.0. The Morgan fingerprint density at radius 3 is 2.41 bits per heavy atom. The van der Waals surface area contributed by atoms with Crippen molar-refractivity contribution in [1.82, 2.24) is 25.3 Å². The molecule has 5 aromatic rings. The lowest BCUT2D eigenvalue weighted by Gasteiger charge is -2.10. The van der Waals surface area contributed by atoms with Crippen molar-refractivity contribution in [3.05, 3.63) is 96.6 Å². The Kier molecular flexibility index (Phi) is 5.55. The molecule has 2 aromatic carbocycles. The summed E-state index contributed by atoms with van der Waals surface area (Å²) in [5.74, 6) is 1.62. The van der Waals surface area contributed by atoms with Crippen molar-refractivity contribution in [2.45, 2.75) is 13.1 Å². The number of methoxy groups -OCH3 is 1. The van der Waals surface area contributed by atoms with E-state index in [0.717, 1.165) is 45.3 Å². The Balaban J connectivity index is 1.41. The molecule has 0 aliphatic heterocycles. The van der Waals surface area contributed by atoms with Crippen molar-refractivity contribution >= 4 is 0 Å². The van der Waals surface area contributed by atoms with Crippen LogP contribution in [0.25, 0.3) is 28.3 Å². The number of furan rings is 1. The first-order valence-electron chi connectivity index (χ1n) is 10.4. The van der Waals surface area contributed by atoms with E-state index in [1.807, 2.05) is 41.2 Å². The molecule has 0 saturated carbocycles. The maximum Gasteiger partial charge on any atom is 0.152 e. The molecule has 3 aromatic heterocycles. The van der Waals surface area contributed by atoms with E-state index >= 15 is 0 Å². The Morgan fingerprint density at radius 2 is 1.75 bits per heavy atom. The largest absolute Gasteiger partial charge is 0.497 e. The first kappa shape index (κ1) is 19.8.